The summed E-state index contributed by atoms with van der Waals surface area (Å²) >= 11 is 3.48. The summed E-state index contributed by atoms with van der Waals surface area (Å²) in [6.07, 6.45) is 4.61. The van der Waals surface area contributed by atoms with Crippen molar-refractivity contribution in [2.45, 2.75) is 19.4 Å². The molecule has 2 rings (SSSR count). The van der Waals surface area contributed by atoms with Gasteiger partial charge in [-0.05, 0) is 22.4 Å². The highest BCUT2D eigenvalue weighted by molar-refractivity contribution is 9.10. The molecule has 1 unspecified atom stereocenters. The van der Waals surface area contributed by atoms with E-state index in [1.165, 1.54) is 0 Å². The number of halogens is 1. The lowest BCUT2D eigenvalue weighted by atomic mass is 10.0. The number of nitrogens with zero attached hydrogens (tertiary/aromatic N) is 4. The zero-order chi connectivity index (χ0) is 12.6. The molecule has 0 aliphatic heterocycles. The molecule has 92 valence electrons. The maximum Gasteiger partial charge on any atom is 0.0768 e. The Morgan fingerprint density at radius 2 is 2.18 bits per heavy atom. The van der Waals surface area contributed by atoms with Crippen LogP contribution in [0.25, 0.3) is 0 Å². The maximum absolute atomic E-state index is 6.31. The fourth-order valence-corrected chi connectivity index (χ4v) is 2.60. The van der Waals surface area contributed by atoms with E-state index in [1.54, 1.807) is 15.6 Å². The van der Waals surface area contributed by atoms with Crippen LogP contribution in [0.5, 0.6) is 0 Å². The van der Waals surface area contributed by atoms with E-state index in [-0.39, 0.29) is 6.04 Å². The molecule has 0 radical (unpaired) electrons. The SMILES string of the molecule is CCc1nn(C)cc1C(N)c1c(Br)cnn1C. The maximum atomic E-state index is 6.31. The first-order chi connectivity index (χ1) is 8.04. The summed E-state index contributed by atoms with van der Waals surface area (Å²) in [6.45, 7) is 2.08. The second-order valence-electron chi connectivity index (χ2n) is 4.04. The van der Waals surface area contributed by atoms with Gasteiger partial charge in [0, 0.05) is 25.9 Å². The van der Waals surface area contributed by atoms with Crippen LogP contribution in [0, 0.1) is 0 Å². The highest BCUT2D eigenvalue weighted by atomic mass is 79.9. The average Bonchev–Trinajstić information content (AvgIpc) is 2.82. The molecule has 2 aromatic heterocycles. The van der Waals surface area contributed by atoms with E-state index in [0.717, 1.165) is 27.8 Å². The summed E-state index contributed by atoms with van der Waals surface area (Å²) in [6, 6.07) is -0.208. The highest BCUT2D eigenvalue weighted by Crippen LogP contribution is 2.27. The van der Waals surface area contributed by atoms with Crippen LogP contribution in [0.15, 0.2) is 16.9 Å². The van der Waals surface area contributed by atoms with E-state index in [0.29, 0.717) is 0 Å². The first-order valence-corrected chi connectivity index (χ1v) is 6.29. The van der Waals surface area contributed by atoms with Gasteiger partial charge in [-0.1, -0.05) is 6.92 Å². The molecule has 2 aromatic rings. The van der Waals surface area contributed by atoms with Gasteiger partial charge in [0.1, 0.15) is 0 Å². The molecule has 6 heteroatoms. The Bertz CT molecular complexity index is 508. The van der Waals surface area contributed by atoms with Crippen molar-refractivity contribution < 1.29 is 0 Å². The molecular formula is C11H16BrN5. The number of aromatic nitrogens is 4. The first-order valence-electron chi connectivity index (χ1n) is 5.50. The van der Waals surface area contributed by atoms with Gasteiger partial charge in [-0.15, -0.1) is 0 Å². The van der Waals surface area contributed by atoms with Gasteiger partial charge >= 0.3 is 0 Å². The molecule has 0 saturated carbocycles. The van der Waals surface area contributed by atoms with Crippen LogP contribution in [-0.4, -0.2) is 19.6 Å². The van der Waals surface area contributed by atoms with Crippen LogP contribution in [-0.2, 0) is 20.5 Å². The third-order valence-corrected chi connectivity index (χ3v) is 3.45. The third-order valence-electron chi connectivity index (χ3n) is 2.84. The standard InChI is InChI=1S/C11H16BrN5/c1-4-9-7(6-16(2)15-9)10(13)11-8(12)5-14-17(11)3/h5-6,10H,4,13H2,1-3H3. The van der Waals surface area contributed by atoms with Gasteiger partial charge in [-0.25, -0.2) is 0 Å². The molecule has 0 saturated heterocycles. The number of aryl methyl sites for hydroxylation is 3. The van der Waals surface area contributed by atoms with Crippen LogP contribution >= 0.6 is 15.9 Å². The van der Waals surface area contributed by atoms with Crippen molar-refractivity contribution in [1.29, 1.82) is 0 Å². The summed E-state index contributed by atoms with van der Waals surface area (Å²) in [7, 11) is 3.80. The molecule has 2 heterocycles. The van der Waals surface area contributed by atoms with Crippen LogP contribution in [0.1, 0.15) is 29.9 Å². The number of hydrogen-bond acceptors (Lipinski definition) is 3. The third kappa shape index (κ3) is 2.14. The Hall–Kier alpha value is -1.14. The van der Waals surface area contributed by atoms with E-state index >= 15 is 0 Å². The second-order valence-corrected chi connectivity index (χ2v) is 4.89. The molecule has 0 aliphatic carbocycles. The molecule has 0 amide bonds. The molecule has 0 bridgehead atoms. The van der Waals surface area contributed by atoms with Gasteiger partial charge in [0.2, 0.25) is 0 Å². The van der Waals surface area contributed by atoms with Crippen molar-refractivity contribution >= 4 is 15.9 Å². The fraction of sp³-hybridized carbons (Fsp3) is 0.455. The van der Waals surface area contributed by atoms with Crippen molar-refractivity contribution in [2.75, 3.05) is 0 Å². The van der Waals surface area contributed by atoms with Crippen LogP contribution in [0.4, 0.5) is 0 Å². The lowest BCUT2D eigenvalue weighted by Crippen LogP contribution is -2.17. The van der Waals surface area contributed by atoms with Gasteiger partial charge in [-0.3, -0.25) is 9.36 Å². The Balaban J connectivity index is 2.46. The normalized spacial score (nSPS) is 13.0. The summed E-state index contributed by atoms with van der Waals surface area (Å²) in [5, 5.41) is 8.60. The van der Waals surface area contributed by atoms with Crippen molar-refractivity contribution in [3.05, 3.63) is 33.8 Å². The largest absolute Gasteiger partial charge is 0.319 e. The minimum absolute atomic E-state index is 0.208. The molecule has 0 aliphatic rings. The van der Waals surface area contributed by atoms with E-state index in [9.17, 15) is 0 Å². The molecule has 2 N–H and O–H groups in total. The first kappa shape index (κ1) is 12.3. The number of nitrogens with two attached hydrogens (primary N) is 1. The molecular weight excluding hydrogens is 282 g/mol. The Labute approximate surface area is 109 Å². The van der Waals surface area contributed by atoms with Gasteiger partial charge in [-0.2, -0.15) is 10.2 Å². The smallest absolute Gasteiger partial charge is 0.0768 e. The zero-order valence-electron chi connectivity index (χ0n) is 10.2. The second kappa shape index (κ2) is 4.62. The van der Waals surface area contributed by atoms with E-state index in [1.807, 2.05) is 20.3 Å². The zero-order valence-corrected chi connectivity index (χ0v) is 11.8. The van der Waals surface area contributed by atoms with Crippen molar-refractivity contribution in [1.82, 2.24) is 19.6 Å². The summed E-state index contributed by atoms with van der Waals surface area (Å²) < 4.78 is 4.53. The summed E-state index contributed by atoms with van der Waals surface area (Å²) in [5.74, 6) is 0. The van der Waals surface area contributed by atoms with E-state index in [4.69, 9.17) is 5.73 Å². The average molecular weight is 298 g/mol. The predicted molar refractivity (Wildman–Crippen MR) is 69.5 cm³/mol. The quantitative estimate of drug-likeness (QED) is 0.934. The topological polar surface area (TPSA) is 61.7 Å². The highest BCUT2D eigenvalue weighted by Gasteiger charge is 2.21. The minimum atomic E-state index is -0.208. The Kier molecular flexibility index (Phi) is 3.35. The Morgan fingerprint density at radius 1 is 1.47 bits per heavy atom. The number of hydrogen-bond donors (Lipinski definition) is 1. The number of rotatable bonds is 3. The van der Waals surface area contributed by atoms with Crippen molar-refractivity contribution in [3.63, 3.8) is 0 Å². The molecule has 0 spiro atoms. The lowest BCUT2D eigenvalue weighted by molar-refractivity contribution is 0.668. The minimum Gasteiger partial charge on any atom is -0.319 e. The van der Waals surface area contributed by atoms with Crippen molar-refractivity contribution in [2.24, 2.45) is 19.8 Å². The lowest BCUT2D eigenvalue weighted by Gasteiger charge is -2.12. The van der Waals surface area contributed by atoms with E-state index < -0.39 is 0 Å². The van der Waals surface area contributed by atoms with Crippen LogP contribution in [0.3, 0.4) is 0 Å². The summed E-state index contributed by atoms with van der Waals surface area (Å²) in [5.41, 5.74) is 9.36. The predicted octanol–water partition coefficient (Wildman–Crippen LogP) is 1.53. The Morgan fingerprint density at radius 3 is 2.71 bits per heavy atom. The van der Waals surface area contributed by atoms with E-state index in [2.05, 4.69) is 33.1 Å². The molecule has 17 heavy (non-hydrogen) atoms. The summed E-state index contributed by atoms with van der Waals surface area (Å²) in [4.78, 5) is 0. The monoisotopic (exact) mass is 297 g/mol. The van der Waals surface area contributed by atoms with Gasteiger partial charge in [0.25, 0.3) is 0 Å². The van der Waals surface area contributed by atoms with Crippen LogP contribution < -0.4 is 5.73 Å². The molecule has 5 nitrogen and oxygen atoms in total. The van der Waals surface area contributed by atoms with Crippen LogP contribution in [0.2, 0.25) is 0 Å². The van der Waals surface area contributed by atoms with Gasteiger partial charge < -0.3 is 5.73 Å². The molecule has 0 fully saturated rings. The van der Waals surface area contributed by atoms with Gasteiger partial charge in [0.05, 0.1) is 28.1 Å². The molecule has 1 atom stereocenters. The fourth-order valence-electron chi connectivity index (χ4n) is 2.00. The molecule has 0 aromatic carbocycles. The van der Waals surface area contributed by atoms with Gasteiger partial charge in [0.15, 0.2) is 0 Å². The van der Waals surface area contributed by atoms with Crippen molar-refractivity contribution in [3.8, 4) is 0 Å².